The molecule has 2 fully saturated rings. The van der Waals surface area contributed by atoms with Gasteiger partial charge < -0.3 is 11.1 Å². The molecule has 2 rings (SSSR count). The predicted molar refractivity (Wildman–Crippen MR) is 78.8 cm³/mol. The van der Waals surface area contributed by atoms with Crippen LogP contribution in [-0.4, -0.2) is 17.5 Å². The van der Waals surface area contributed by atoms with Gasteiger partial charge in [-0.1, -0.05) is 51.9 Å². The lowest BCUT2D eigenvalue weighted by molar-refractivity contribution is -0.128. The van der Waals surface area contributed by atoms with Crippen LogP contribution in [0.25, 0.3) is 0 Å². The Morgan fingerprint density at radius 2 is 1.68 bits per heavy atom. The summed E-state index contributed by atoms with van der Waals surface area (Å²) in [4.78, 5) is 12.5. The molecule has 0 radical (unpaired) electrons. The van der Waals surface area contributed by atoms with Gasteiger partial charge in [-0.3, -0.25) is 4.79 Å². The maximum absolute atomic E-state index is 12.5. The molecule has 110 valence electrons. The Labute approximate surface area is 117 Å². The average Bonchev–Trinajstić information content (AvgIpc) is 2.32. The van der Waals surface area contributed by atoms with Gasteiger partial charge in [-0.25, -0.2) is 0 Å². The highest BCUT2D eigenvalue weighted by Gasteiger charge is 2.38. The van der Waals surface area contributed by atoms with Crippen molar-refractivity contribution in [3.63, 3.8) is 0 Å². The summed E-state index contributed by atoms with van der Waals surface area (Å²) < 4.78 is 0. The number of hydrogen-bond donors (Lipinski definition) is 2. The molecule has 1 amide bonds. The lowest BCUT2D eigenvalue weighted by atomic mass is 9.76. The van der Waals surface area contributed by atoms with E-state index in [0.29, 0.717) is 12.0 Å². The lowest BCUT2D eigenvalue weighted by Crippen LogP contribution is -2.58. The first-order valence-corrected chi connectivity index (χ1v) is 8.20. The molecule has 3 heteroatoms. The summed E-state index contributed by atoms with van der Waals surface area (Å²) in [7, 11) is 0. The summed E-state index contributed by atoms with van der Waals surface area (Å²) in [5.41, 5.74) is 5.77. The molecular weight excluding hydrogens is 236 g/mol. The van der Waals surface area contributed by atoms with Crippen LogP contribution in [0.5, 0.6) is 0 Å². The van der Waals surface area contributed by atoms with Crippen molar-refractivity contribution >= 4 is 5.91 Å². The van der Waals surface area contributed by atoms with E-state index in [2.05, 4.69) is 12.2 Å². The fourth-order valence-electron chi connectivity index (χ4n) is 3.73. The molecule has 2 saturated carbocycles. The quantitative estimate of drug-likeness (QED) is 0.807. The van der Waals surface area contributed by atoms with Gasteiger partial charge in [0.25, 0.3) is 0 Å². The van der Waals surface area contributed by atoms with Gasteiger partial charge in [-0.2, -0.15) is 0 Å². The molecule has 0 aliphatic heterocycles. The fourth-order valence-corrected chi connectivity index (χ4v) is 3.73. The number of rotatable bonds is 2. The minimum absolute atomic E-state index is 0.115. The van der Waals surface area contributed by atoms with E-state index in [-0.39, 0.29) is 5.91 Å². The van der Waals surface area contributed by atoms with E-state index in [1.807, 2.05) is 0 Å². The minimum atomic E-state index is -0.597. The summed E-state index contributed by atoms with van der Waals surface area (Å²) in [6, 6.07) is 0.366. The van der Waals surface area contributed by atoms with Crippen LogP contribution in [0.4, 0.5) is 0 Å². The molecule has 19 heavy (non-hydrogen) atoms. The van der Waals surface area contributed by atoms with Gasteiger partial charge >= 0.3 is 0 Å². The summed E-state index contributed by atoms with van der Waals surface area (Å²) in [6.45, 7) is 2.21. The third-order valence-corrected chi connectivity index (χ3v) is 4.93. The Morgan fingerprint density at radius 3 is 2.32 bits per heavy atom. The average molecular weight is 266 g/mol. The van der Waals surface area contributed by atoms with Gasteiger partial charge in [0.1, 0.15) is 0 Å². The molecule has 3 nitrogen and oxygen atoms in total. The first kappa shape index (κ1) is 14.8. The first-order valence-electron chi connectivity index (χ1n) is 8.20. The molecular formula is C16H30N2O. The van der Waals surface area contributed by atoms with Crippen molar-refractivity contribution in [2.24, 2.45) is 11.7 Å². The van der Waals surface area contributed by atoms with Gasteiger partial charge in [-0.15, -0.1) is 0 Å². The Kier molecular flexibility index (Phi) is 5.26. The zero-order valence-corrected chi connectivity index (χ0v) is 12.4. The smallest absolute Gasteiger partial charge is 0.240 e. The monoisotopic (exact) mass is 266 g/mol. The van der Waals surface area contributed by atoms with Crippen molar-refractivity contribution in [3.05, 3.63) is 0 Å². The minimum Gasteiger partial charge on any atom is -0.352 e. The van der Waals surface area contributed by atoms with E-state index in [0.717, 1.165) is 32.1 Å². The van der Waals surface area contributed by atoms with E-state index in [1.54, 1.807) is 0 Å². The normalized spacial score (nSPS) is 34.3. The van der Waals surface area contributed by atoms with Crippen molar-refractivity contribution in [3.8, 4) is 0 Å². The van der Waals surface area contributed by atoms with Crippen LogP contribution < -0.4 is 11.1 Å². The van der Waals surface area contributed by atoms with E-state index in [4.69, 9.17) is 5.73 Å². The van der Waals surface area contributed by atoms with E-state index >= 15 is 0 Å². The van der Waals surface area contributed by atoms with Crippen LogP contribution in [0.1, 0.15) is 77.6 Å². The molecule has 0 bridgehead atoms. The molecule has 0 aromatic rings. The Balaban J connectivity index is 1.87. The van der Waals surface area contributed by atoms with Gasteiger partial charge in [0.2, 0.25) is 5.91 Å². The topological polar surface area (TPSA) is 55.1 Å². The maximum atomic E-state index is 12.5. The van der Waals surface area contributed by atoms with Crippen LogP contribution in [0.3, 0.4) is 0 Å². The largest absolute Gasteiger partial charge is 0.352 e. The van der Waals surface area contributed by atoms with Crippen LogP contribution in [0.15, 0.2) is 0 Å². The summed E-state index contributed by atoms with van der Waals surface area (Å²) in [5.74, 6) is 0.700. The number of nitrogens with two attached hydrogens (primary N) is 1. The molecule has 3 N–H and O–H groups in total. The van der Waals surface area contributed by atoms with Crippen molar-refractivity contribution in [2.45, 2.75) is 89.1 Å². The third-order valence-electron chi connectivity index (χ3n) is 4.93. The van der Waals surface area contributed by atoms with Gasteiger partial charge in [0.15, 0.2) is 0 Å². The van der Waals surface area contributed by atoms with Crippen LogP contribution >= 0.6 is 0 Å². The first-order chi connectivity index (χ1) is 9.10. The SMILES string of the molecule is CC1CCCC(N)(C(=O)NC2CCCCCCC2)C1. The molecule has 2 atom stereocenters. The second-order valence-corrected chi connectivity index (χ2v) is 6.87. The molecule has 0 saturated heterocycles. The summed E-state index contributed by atoms with van der Waals surface area (Å²) >= 11 is 0. The number of nitrogens with one attached hydrogen (secondary N) is 1. The molecule has 0 spiro atoms. The number of carbonyl (C=O) groups is 1. The van der Waals surface area contributed by atoms with Crippen LogP contribution in [-0.2, 0) is 4.79 Å². The number of carbonyl (C=O) groups excluding carboxylic acids is 1. The van der Waals surface area contributed by atoms with Crippen molar-refractivity contribution in [2.75, 3.05) is 0 Å². The van der Waals surface area contributed by atoms with Crippen molar-refractivity contribution < 1.29 is 4.79 Å². The Morgan fingerprint density at radius 1 is 1.05 bits per heavy atom. The maximum Gasteiger partial charge on any atom is 0.240 e. The predicted octanol–water partition coefficient (Wildman–Crippen LogP) is 3.12. The van der Waals surface area contributed by atoms with E-state index < -0.39 is 5.54 Å². The van der Waals surface area contributed by atoms with E-state index in [9.17, 15) is 4.79 Å². The van der Waals surface area contributed by atoms with Gasteiger partial charge in [-0.05, 0) is 31.6 Å². The summed E-state index contributed by atoms with van der Waals surface area (Å²) in [5, 5.41) is 3.25. The second-order valence-electron chi connectivity index (χ2n) is 6.87. The van der Waals surface area contributed by atoms with Crippen molar-refractivity contribution in [1.82, 2.24) is 5.32 Å². The standard InChI is InChI=1S/C16H30N2O/c1-13-8-7-11-16(17,12-13)15(19)18-14-9-5-3-2-4-6-10-14/h13-14H,2-12,17H2,1H3,(H,18,19). The van der Waals surface area contributed by atoms with Gasteiger partial charge in [0.05, 0.1) is 5.54 Å². The molecule has 2 aliphatic carbocycles. The number of amides is 1. The lowest BCUT2D eigenvalue weighted by Gasteiger charge is -2.36. The van der Waals surface area contributed by atoms with Crippen molar-refractivity contribution in [1.29, 1.82) is 0 Å². The molecule has 0 heterocycles. The highest BCUT2D eigenvalue weighted by molar-refractivity contribution is 5.86. The fraction of sp³-hybridized carbons (Fsp3) is 0.938. The number of hydrogen-bond acceptors (Lipinski definition) is 2. The summed E-state index contributed by atoms with van der Waals surface area (Å²) in [6.07, 6.45) is 12.8. The zero-order valence-electron chi connectivity index (χ0n) is 12.4. The third kappa shape index (κ3) is 4.20. The highest BCUT2D eigenvalue weighted by atomic mass is 16.2. The van der Waals surface area contributed by atoms with Crippen LogP contribution in [0, 0.1) is 5.92 Å². The molecule has 0 aromatic heterocycles. The molecule has 0 aromatic carbocycles. The van der Waals surface area contributed by atoms with Gasteiger partial charge in [0, 0.05) is 6.04 Å². The molecule has 2 aliphatic rings. The second kappa shape index (κ2) is 6.74. The van der Waals surface area contributed by atoms with Crippen LogP contribution in [0.2, 0.25) is 0 Å². The highest BCUT2D eigenvalue weighted by Crippen LogP contribution is 2.31. The Bertz CT molecular complexity index is 297. The van der Waals surface area contributed by atoms with E-state index in [1.165, 1.54) is 38.5 Å². The Hall–Kier alpha value is -0.570. The molecule has 2 unspecified atom stereocenters. The zero-order chi connectivity index (χ0) is 13.7.